The second-order valence-corrected chi connectivity index (χ2v) is 9.23. The summed E-state index contributed by atoms with van der Waals surface area (Å²) >= 11 is 0. The predicted molar refractivity (Wildman–Crippen MR) is 144 cm³/mol. The Kier molecular flexibility index (Phi) is 7.01. The molecule has 0 aliphatic heterocycles. The molecule has 2 aromatic carbocycles. The Morgan fingerprint density at radius 2 is 1.79 bits per heavy atom. The van der Waals surface area contributed by atoms with Crippen LogP contribution in [-0.2, 0) is 24.8 Å². The minimum Gasteiger partial charge on any atom is -0.361 e. The van der Waals surface area contributed by atoms with Crippen molar-refractivity contribution >= 4 is 11.2 Å². The first-order valence-electron chi connectivity index (χ1n) is 12.6. The fourth-order valence-electron chi connectivity index (χ4n) is 4.68. The molecule has 5 aromatic rings. The van der Waals surface area contributed by atoms with Crippen molar-refractivity contribution in [3.05, 3.63) is 80.8 Å². The van der Waals surface area contributed by atoms with Gasteiger partial charge in [-0.3, -0.25) is 9.36 Å². The first-order valence-corrected chi connectivity index (χ1v) is 12.6. The number of hydrogen-bond donors (Lipinski definition) is 1. The van der Waals surface area contributed by atoms with Crippen molar-refractivity contribution in [2.45, 2.75) is 45.9 Å². The van der Waals surface area contributed by atoms with Gasteiger partial charge in [0, 0.05) is 32.7 Å². The molecule has 1 N–H and O–H groups in total. The van der Waals surface area contributed by atoms with Crippen molar-refractivity contribution in [1.82, 2.24) is 39.3 Å². The number of hydrogen-bond acceptors (Lipinski definition) is 7. The largest absolute Gasteiger partial charge is 0.361 e. The highest BCUT2D eigenvalue weighted by Crippen LogP contribution is 2.30. The van der Waals surface area contributed by atoms with Crippen molar-refractivity contribution in [2.24, 2.45) is 7.05 Å². The van der Waals surface area contributed by atoms with Gasteiger partial charge in [-0.2, -0.15) is 0 Å². The minimum absolute atomic E-state index is 0.352. The number of nitrogens with zero attached hydrogens (tertiary/aromatic N) is 7. The average Bonchev–Trinajstić information content (AvgIpc) is 3.60. The molecule has 3 aromatic heterocycles. The van der Waals surface area contributed by atoms with Crippen LogP contribution in [0.15, 0.2) is 58.1 Å². The Hall–Kier alpha value is -4.38. The number of fused-ring (bicyclic) bond motifs is 1. The van der Waals surface area contributed by atoms with Gasteiger partial charge in [0.25, 0.3) is 5.56 Å². The molecule has 0 amide bonds. The van der Waals surface area contributed by atoms with Crippen molar-refractivity contribution in [3.8, 4) is 22.5 Å². The average molecular weight is 515 g/mol. The van der Waals surface area contributed by atoms with E-state index in [9.17, 15) is 9.59 Å². The number of aromatic amines is 1. The topological polar surface area (TPSA) is 126 Å². The lowest BCUT2D eigenvalue weighted by molar-refractivity contribution is 0.0588. The molecule has 1 atom stereocenters. The molecule has 0 aliphatic carbocycles. The number of aryl methyl sites for hydroxylation is 1. The fraction of sp³-hybridized carbons (Fsp3) is 0.333. The van der Waals surface area contributed by atoms with Gasteiger partial charge in [-0.25, -0.2) is 19.4 Å². The van der Waals surface area contributed by atoms with E-state index in [1.165, 1.54) is 18.7 Å². The van der Waals surface area contributed by atoms with E-state index in [4.69, 9.17) is 9.72 Å². The lowest BCUT2D eigenvalue weighted by atomic mass is 9.98. The summed E-state index contributed by atoms with van der Waals surface area (Å²) < 4.78 is 9.95. The van der Waals surface area contributed by atoms with E-state index in [2.05, 4.69) is 27.5 Å². The van der Waals surface area contributed by atoms with Crippen molar-refractivity contribution in [3.63, 3.8) is 0 Å². The van der Waals surface area contributed by atoms with E-state index in [0.29, 0.717) is 30.0 Å². The zero-order valence-electron chi connectivity index (χ0n) is 21.9. The van der Waals surface area contributed by atoms with E-state index in [1.807, 2.05) is 53.1 Å². The molecular weight excluding hydrogens is 484 g/mol. The molecule has 0 saturated heterocycles. The summed E-state index contributed by atoms with van der Waals surface area (Å²) in [6, 6.07) is 16.1. The number of benzene rings is 2. The Morgan fingerprint density at radius 1 is 1.05 bits per heavy atom. The van der Waals surface area contributed by atoms with Crippen molar-refractivity contribution in [1.29, 1.82) is 0 Å². The van der Waals surface area contributed by atoms with Crippen LogP contribution in [0.3, 0.4) is 0 Å². The van der Waals surface area contributed by atoms with E-state index in [1.54, 1.807) is 6.92 Å². The molecule has 1 unspecified atom stereocenters. The molecule has 5 rings (SSSR count). The fourth-order valence-corrected chi connectivity index (χ4v) is 4.68. The zero-order valence-corrected chi connectivity index (χ0v) is 21.9. The second-order valence-electron chi connectivity index (χ2n) is 9.23. The summed E-state index contributed by atoms with van der Waals surface area (Å²) in [5.74, 6) is 1.37. The van der Waals surface area contributed by atoms with Crippen molar-refractivity contribution in [2.75, 3.05) is 7.11 Å². The van der Waals surface area contributed by atoms with Gasteiger partial charge in [-0.05, 0) is 40.5 Å². The molecule has 11 nitrogen and oxygen atoms in total. The molecule has 0 radical (unpaired) electrons. The number of ether oxygens (including phenoxy) is 1. The first kappa shape index (κ1) is 25.3. The molecule has 0 spiro atoms. The molecule has 11 heteroatoms. The van der Waals surface area contributed by atoms with E-state index < -0.39 is 11.9 Å². The Morgan fingerprint density at radius 3 is 2.45 bits per heavy atom. The SMILES string of the molecule is CCCCc1nc2c(c(=O)n(C)c(=O)n2C(C)OC)n1Cc1ccc(-c2ccccc2-c2nnn[nH]2)cc1. The molecule has 38 heavy (non-hydrogen) atoms. The molecule has 3 heterocycles. The van der Waals surface area contributed by atoms with Crippen molar-refractivity contribution < 1.29 is 4.74 Å². The van der Waals surface area contributed by atoms with Crippen LogP contribution in [0.5, 0.6) is 0 Å². The Bertz CT molecular complexity index is 1680. The first-order chi connectivity index (χ1) is 18.4. The third-order valence-corrected chi connectivity index (χ3v) is 6.85. The Balaban J connectivity index is 1.59. The highest BCUT2D eigenvalue weighted by molar-refractivity contribution is 5.80. The number of rotatable bonds is 9. The van der Waals surface area contributed by atoms with Gasteiger partial charge >= 0.3 is 5.69 Å². The second kappa shape index (κ2) is 10.5. The van der Waals surface area contributed by atoms with Crippen LogP contribution in [0.2, 0.25) is 0 Å². The summed E-state index contributed by atoms with van der Waals surface area (Å²) in [4.78, 5) is 31.1. The quantitative estimate of drug-likeness (QED) is 0.320. The van der Waals surface area contributed by atoms with Gasteiger partial charge in [-0.1, -0.05) is 61.9 Å². The summed E-state index contributed by atoms with van der Waals surface area (Å²) in [6.07, 6.45) is 2.02. The van der Waals surface area contributed by atoms with E-state index in [0.717, 1.165) is 45.5 Å². The molecular formula is C27H30N8O3. The number of methoxy groups -OCH3 is 1. The maximum atomic E-state index is 13.3. The lowest BCUT2D eigenvalue weighted by Gasteiger charge is -2.15. The number of imidazole rings is 1. The third kappa shape index (κ3) is 4.45. The number of unbranched alkanes of at least 4 members (excludes halogenated alkanes) is 1. The van der Waals surface area contributed by atoms with E-state index in [-0.39, 0.29) is 5.56 Å². The summed E-state index contributed by atoms with van der Waals surface area (Å²) in [5, 5.41) is 14.3. The molecule has 0 bridgehead atoms. The molecule has 0 aliphatic rings. The predicted octanol–water partition coefficient (Wildman–Crippen LogP) is 3.30. The van der Waals surface area contributed by atoms with E-state index >= 15 is 0 Å². The van der Waals surface area contributed by atoms with Crippen LogP contribution in [0.1, 0.15) is 44.3 Å². The van der Waals surface area contributed by atoms with Crippen LogP contribution in [0.25, 0.3) is 33.7 Å². The van der Waals surface area contributed by atoms with Crippen LogP contribution < -0.4 is 11.2 Å². The number of aromatic nitrogens is 8. The lowest BCUT2D eigenvalue weighted by Crippen LogP contribution is -2.40. The van der Waals surface area contributed by atoms with Gasteiger partial charge in [0.2, 0.25) is 0 Å². The highest BCUT2D eigenvalue weighted by atomic mass is 16.5. The third-order valence-electron chi connectivity index (χ3n) is 6.85. The normalized spacial score (nSPS) is 12.3. The standard InChI is InChI=1S/C27H30N8O3/c1-5-6-11-22-28-25-23(26(36)33(3)27(37)35(25)17(2)38-4)34(22)16-18-12-14-19(15-13-18)20-9-7-8-10-21(20)24-29-31-32-30-24/h7-10,12-15,17H,5-6,11,16H2,1-4H3,(H,29,30,31,32). The maximum absolute atomic E-state index is 13.3. The van der Waals surface area contributed by atoms with Crippen LogP contribution in [-0.4, -0.2) is 46.4 Å². The van der Waals surface area contributed by atoms with Crippen LogP contribution in [0.4, 0.5) is 0 Å². The Labute approximate surface area is 218 Å². The van der Waals surface area contributed by atoms with Gasteiger partial charge in [0.15, 0.2) is 17.0 Å². The molecule has 196 valence electrons. The summed E-state index contributed by atoms with van der Waals surface area (Å²) in [5.41, 5.74) is 3.85. The smallest absolute Gasteiger partial charge is 0.334 e. The van der Waals surface area contributed by atoms with Gasteiger partial charge in [-0.15, -0.1) is 5.10 Å². The number of H-pyrrole nitrogens is 1. The monoisotopic (exact) mass is 514 g/mol. The number of tetrazole rings is 1. The molecule has 0 fully saturated rings. The maximum Gasteiger partial charge on any atom is 0.334 e. The van der Waals surface area contributed by atoms with Crippen LogP contribution >= 0.6 is 0 Å². The number of nitrogens with one attached hydrogen (secondary N) is 1. The summed E-state index contributed by atoms with van der Waals surface area (Å²) in [7, 11) is 3.02. The van der Waals surface area contributed by atoms with Gasteiger partial charge in [0.1, 0.15) is 12.1 Å². The molecule has 0 saturated carbocycles. The summed E-state index contributed by atoms with van der Waals surface area (Å²) in [6.45, 7) is 4.32. The van der Waals surface area contributed by atoms with Gasteiger partial charge in [0.05, 0.1) is 0 Å². The van der Waals surface area contributed by atoms with Crippen LogP contribution in [0, 0.1) is 0 Å². The highest BCUT2D eigenvalue weighted by Gasteiger charge is 2.23. The van der Waals surface area contributed by atoms with Gasteiger partial charge < -0.3 is 9.30 Å². The zero-order chi connectivity index (χ0) is 26.8. The minimum atomic E-state index is -0.571.